The molecule has 2 N–H and O–H groups in total. The number of unbranched alkanes of at least 4 members (excludes halogenated alkanes) is 4. The van der Waals surface area contributed by atoms with E-state index in [-0.39, 0.29) is 12.2 Å². The van der Waals surface area contributed by atoms with E-state index in [4.69, 9.17) is 0 Å². The van der Waals surface area contributed by atoms with Gasteiger partial charge < -0.3 is 10.2 Å². The largest absolute Gasteiger partial charge is 0.390 e. The highest BCUT2D eigenvalue weighted by Gasteiger charge is 2.17. The van der Waals surface area contributed by atoms with Crippen LogP contribution in [-0.2, 0) is 4.79 Å². The van der Waals surface area contributed by atoms with Gasteiger partial charge in [-0.3, -0.25) is 4.79 Å². The molecule has 0 saturated carbocycles. The van der Waals surface area contributed by atoms with Crippen molar-refractivity contribution in [2.45, 2.75) is 64.1 Å². The summed E-state index contributed by atoms with van der Waals surface area (Å²) in [5, 5.41) is 19.1. The molecule has 0 unspecified atom stereocenters. The zero-order valence-corrected chi connectivity index (χ0v) is 10.2. The quantitative estimate of drug-likeness (QED) is 0.445. The van der Waals surface area contributed by atoms with Gasteiger partial charge in [-0.2, -0.15) is 0 Å². The van der Waals surface area contributed by atoms with Crippen LogP contribution in [0, 0.1) is 0 Å². The van der Waals surface area contributed by atoms with Crippen molar-refractivity contribution in [2.75, 3.05) is 0 Å². The molecule has 0 aromatic heterocycles. The van der Waals surface area contributed by atoms with E-state index in [1.54, 1.807) is 0 Å². The first kappa shape index (κ1) is 15.3. The first-order valence-electron chi connectivity index (χ1n) is 6.13. The van der Waals surface area contributed by atoms with Crippen LogP contribution in [0.3, 0.4) is 0 Å². The summed E-state index contributed by atoms with van der Waals surface area (Å²) in [6.07, 6.45) is 5.54. The SMILES string of the molecule is C=CC(=O)C[C@@H](O)[C@H](O)CCCCCCC. The molecule has 94 valence electrons. The van der Waals surface area contributed by atoms with Gasteiger partial charge in [0.2, 0.25) is 0 Å². The molecular weight excluding hydrogens is 204 g/mol. The molecule has 0 aliphatic rings. The Bertz CT molecular complexity index is 201. The fourth-order valence-electron chi connectivity index (χ4n) is 1.57. The maximum atomic E-state index is 11.0. The molecule has 0 spiro atoms. The Kier molecular flexibility index (Phi) is 9.15. The number of allylic oxidation sites excluding steroid dienone is 1. The highest BCUT2D eigenvalue weighted by atomic mass is 16.3. The Labute approximate surface area is 98.2 Å². The highest BCUT2D eigenvalue weighted by Crippen LogP contribution is 2.11. The van der Waals surface area contributed by atoms with Crippen LogP contribution in [0.1, 0.15) is 51.9 Å². The summed E-state index contributed by atoms with van der Waals surface area (Å²) in [6.45, 7) is 5.48. The predicted molar refractivity (Wildman–Crippen MR) is 65.2 cm³/mol. The summed E-state index contributed by atoms with van der Waals surface area (Å²) in [4.78, 5) is 11.0. The van der Waals surface area contributed by atoms with E-state index in [2.05, 4.69) is 13.5 Å². The summed E-state index contributed by atoms with van der Waals surface area (Å²) in [6, 6.07) is 0. The molecule has 0 aliphatic heterocycles. The minimum atomic E-state index is -0.948. The second-order valence-corrected chi connectivity index (χ2v) is 4.21. The van der Waals surface area contributed by atoms with Gasteiger partial charge in [0.1, 0.15) is 0 Å². The molecule has 0 aliphatic carbocycles. The molecular formula is C13H24O3. The number of carbonyl (C=O) groups excluding carboxylic acids is 1. The zero-order chi connectivity index (χ0) is 12.4. The lowest BCUT2D eigenvalue weighted by Gasteiger charge is -2.16. The van der Waals surface area contributed by atoms with Crippen LogP contribution in [0.5, 0.6) is 0 Å². The van der Waals surface area contributed by atoms with Crippen molar-refractivity contribution in [2.24, 2.45) is 0 Å². The van der Waals surface area contributed by atoms with Crippen molar-refractivity contribution >= 4 is 5.78 Å². The lowest BCUT2D eigenvalue weighted by molar-refractivity contribution is -0.118. The molecule has 0 radical (unpaired) electrons. The molecule has 3 nitrogen and oxygen atoms in total. The molecule has 0 rings (SSSR count). The van der Waals surface area contributed by atoms with E-state index in [1.807, 2.05) is 0 Å². The normalized spacial score (nSPS) is 14.4. The predicted octanol–water partition coefficient (Wildman–Crippen LogP) is 2.21. The summed E-state index contributed by atoms with van der Waals surface area (Å²) >= 11 is 0. The van der Waals surface area contributed by atoms with Crippen LogP contribution in [0.4, 0.5) is 0 Å². The van der Waals surface area contributed by atoms with Gasteiger partial charge in [0.15, 0.2) is 5.78 Å². The van der Waals surface area contributed by atoms with Crippen molar-refractivity contribution in [1.29, 1.82) is 0 Å². The Morgan fingerprint density at radius 1 is 1.19 bits per heavy atom. The van der Waals surface area contributed by atoms with Crippen LogP contribution in [-0.4, -0.2) is 28.2 Å². The fraction of sp³-hybridized carbons (Fsp3) is 0.769. The third-order valence-corrected chi connectivity index (χ3v) is 2.69. The number of hydrogen-bond donors (Lipinski definition) is 2. The van der Waals surface area contributed by atoms with Gasteiger partial charge in [0.05, 0.1) is 12.2 Å². The molecule has 0 amide bonds. The average molecular weight is 228 g/mol. The number of rotatable bonds is 10. The maximum absolute atomic E-state index is 11.0. The molecule has 16 heavy (non-hydrogen) atoms. The minimum Gasteiger partial charge on any atom is -0.390 e. The number of carbonyl (C=O) groups is 1. The number of ketones is 1. The first-order valence-corrected chi connectivity index (χ1v) is 6.13. The van der Waals surface area contributed by atoms with Gasteiger partial charge in [-0.05, 0) is 12.5 Å². The van der Waals surface area contributed by atoms with E-state index in [0.717, 1.165) is 12.8 Å². The van der Waals surface area contributed by atoms with Gasteiger partial charge in [0, 0.05) is 6.42 Å². The number of aliphatic hydroxyl groups is 2. The van der Waals surface area contributed by atoms with Gasteiger partial charge in [-0.25, -0.2) is 0 Å². The van der Waals surface area contributed by atoms with Crippen molar-refractivity contribution in [3.63, 3.8) is 0 Å². The van der Waals surface area contributed by atoms with E-state index in [9.17, 15) is 15.0 Å². The molecule has 0 saturated heterocycles. The Balaban J connectivity index is 3.58. The van der Waals surface area contributed by atoms with Gasteiger partial charge >= 0.3 is 0 Å². The minimum absolute atomic E-state index is 0.0281. The van der Waals surface area contributed by atoms with Crippen molar-refractivity contribution in [3.05, 3.63) is 12.7 Å². The monoisotopic (exact) mass is 228 g/mol. The summed E-state index contributed by atoms with van der Waals surface area (Å²) in [7, 11) is 0. The van der Waals surface area contributed by atoms with E-state index in [0.29, 0.717) is 6.42 Å². The number of hydrogen-bond acceptors (Lipinski definition) is 3. The summed E-state index contributed by atoms with van der Waals surface area (Å²) < 4.78 is 0. The van der Waals surface area contributed by atoms with E-state index >= 15 is 0 Å². The third kappa shape index (κ3) is 7.60. The van der Waals surface area contributed by atoms with Crippen LogP contribution in [0.2, 0.25) is 0 Å². The van der Waals surface area contributed by atoms with E-state index < -0.39 is 12.2 Å². The fourth-order valence-corrected chi connectivity index (χ4v) is 1.57. The Morgan fingerprint density at radius 2 is 1.81 bits per heavy atom. The Hall–Kier alpha value is -0.670. The first-order chi connectivity index (χ1) is 7.61. The summed E-state index contributed by atoms with van der Waals surface area (Å²) in [5.41, 5.74) is 0. The van der Waals surface area contributed by atoms with Crippen molar-refractivity contribution in [1.82, 2.24) is 0 Å². The highest BCUT2D eigenvalue weighted by molar-refractivity contribution is 5.89. The van der Waals surface area contributed by atoms with E-state index in [1.165, 1.54) is 25.3 Å². The van der Waals surface area contributed by atoms with Crippen LogP contribution < -0.4 is 0 Å². The third-order valence-electron chi connectivity index (χ3n) is 2.69. The maximum Gasteiger partial charge on any atom is 0.157 e. The van der Waals surface area contributed by atoms with Gasteiger partial charge in [-0.1, -0.05) is 45.6 Å². The molecule has 2 atom stereocenters. The standard InChI is InChI=1S/C13H24O3/c1-3-5-6-7-8-9-12(15)13(16)10-11(14)4-2/h4,12-13,15-16H,2-3,5-10H2,1H3/t12-,13-/m1/s1. The number of aliphatic hydroxyl groups excluding tert-OH is 2. The van der Waals surface area contributed by atoms with Gasteiger partial charge in [0.25, 0.3) is 0 Å². The average Bonchev–Trinajstić information content (AvgIpc) is 2.28. The van der Waals surface area contributed by atoms with Crippen LogP contribution >= 0.6 is 0 Å². The van der Waals surface area contributed by atoms with Crippen LogP contribution in [0.25, 0.3) is 0 Å². The lowest BCUT2D eigenvalue weighted by atomic mass is 10.0. The second-order valence-electron chi connectivity index (χ2n) is 4.21. The summed E-state index contributed by atoms with van der Waals surface area (Å²) in [5.74, 6) is -0.225. The topological polar surface area (TPSA) is 57.5 Å². The van der Waals surface area contributed by atoms with Crippen molar-refractivity contribution in [3.8, 4) is 0 Å². The van der Waals surface area contributed by atoms with Crippen LogP contribution in [0.15, 0.2) is 12.7 Å². The molecule has 3 heteroatoms. The van der Waals surface area contributed by atoms with Crippen molar-refractivity contribution < 1.29 is 15.0 Å². The molecule has 0 fully saturated rings. The molecule has 0 heterocycles. The second kappa shape index (κ2) is 9.55. The molecule has 0 aromatic rings. The van der Waals surface area contributed by atoms with Gasteiger partial charge in [-0.15, -0.1) is 0 Å². The molecule has 0 aromatic carbocycles. The smallest absolute Gasteiger partial charge is 0.157 e. The lowest BCUT2D eigenvalue weighted by Crippen LogP contribution is -2.27. The Morgan fingerprint density at radius 3 is 2.38 bits per heavy atom. The molecule has 0 bridgehead atoms. The zero-order valence-electron chi connectivity index (χ0n) is 10.2.